The Bertz CT molecular complexity index is 3220. The molecule has 288 valence electrons. The minimum atomic E-state index is 1.10. The average Bonchev–Trinajstić information content (AvgIpc) is 3.34. The van der Waals surface area contributed by atoms with Crippen LogP contribution in [-0.4, -0.2) is 6.26 Å². The fraction of sp³-hybridized carbons (Fsp3) is 0.0169. The van der Waals surface area contributed by atoms with Gasteiger partial charge >= 0.3 is 0 Å². The standard InChI is InChI=1S/C59H41NS/c1-61-59-16-7-6-15-56(59)50-12-8-11-47(37-50)40-25-31-51(32-26-40)60(52-33-27-41(28-34-52)48-23-21-45-19-17-43-9-2-4-13-54(43)57(45)38-48)53-35-29-42(30-36-53)49-24-22-46-20-18-44-10-3-5-14-55(44)58(46)39-49/h2-39H,1H3. The number of rotatable bonds is 8. The van der Waals surface area contributed by atoms with E-state index < -0.39 is 0 Å². The summed E-state index contributed by atoms with van der Waals surface area (Å²) in [6.45, 7) is 0. The fourth-order valence-electron chi connectivity index (χ4n) is 8.97. The van der Waals surface area contributed by atoms with Gasteiger partial charge in [-0.15, -0.1) is 11.8 Å². The molecule has 0 aliphatic rings. The number of thioether (sulfide) groups is 1. The highest BCUT2D eigenvalue weighted by molar-refractivity contribution is 7.98. The molecule has 0 amide bonds. The largest absolute Gasteiger partial charge is 0.311 e. The van der Waals surface area contributed by atoms with Crippen molar-refractivity contribution in [1.29, 1.82) is 0 Å². The number of anilines is 3. The molecular formula is C59H41NS. The van der Waals surface area contributed by atoms with Crippen LogP contribution in [0.5, 0.6) is 0 Å². The summed E-state index contributed by atoms with van der Waals surface area (Å²) in [6, 6.07) is 84.5. The minimum Gasteiger partial charge on any atom is -0.311 e. The highest BCUT2D eigenvalue weighted by Crippen LogP contribution is 2.40. The molecular weight excluding hydrogens is 755 g/mol. The second kappa shape index (κ2) is 15.7. The summed E-state index contributed by atoms with van der Waals surface area (Å²) in [4.78, 5) is 3.65. The van der Waals surface area contributed by atoms with Crippen molar-refractivity contribution in [3.63, 3.8) is 0 Å². The van der Waals surface area contributed by atoms with Crippen molar-refractivity contribution < 1.29 is 0 Å². The van der Waals surface area contributed by atoms with Gasteiger partial charge in [-0.1, -0.05) is 170 Å². The van der Waals surface area contributed by atoms with Gasteiger partial charge in [-0.05, 0) is 155 Å². The van der Waals surface area contributed by atoms with E-state index in [0.29, 0.717) is 0 Å². The highest BCUT2D eigenvalue weighted by Gasteiger charge is 2.15. The van der Waals surface area contributed by atoms with Crippen molar-refractivity contribution in [2.75, 3.05) is 11.2 Å². The Morgan fingerprint density at radius 3 is 1.15 bits per heavy atom. The molecule has 0 N–H and O–H groups in total. The first-order chi connectivity index (χ1) is 30.2. The van der Waals surface area contributed by atoms with Gasteiger partial charge in [0.15, 0.2) is 0 Å². The van der Waals surface area contributed by atoms with Gasteiger partial charge in [-0.25, -0.2) is 0 Å². The fourth-order valence-corrected chi connectivity index (χ4v) is 9.59. The van der Waals surface area contributed by atoms with E-state index >= 15 is 0 Å². The lowest BCUT2D eigenvalue weighted by atomic mass is 9.96. The molecule has 0 saturated carbocycles. The lowest BCUT2D eigenvalue weighted by Gasteiger charge is -2.26. The maximum Gasteiger partial charge on any atom is 0.0462 e. The lowest BCUT2D eigenvalue weighted by molar-refractivity contribution is 1.28. The molecule has 11 aromatic rings. The zero-order chi connectivity index (χ0) is 40.7. The zero-order valence-electron chi connectivity index (χ0n) is 33.8. The van der Waals surface area contributed by atoms with Gasteiger partial charge in [0.25, 0.3) is 0 Å². The van der Waals surface area contributed by atoms with Crippen LogP contribution in [0.2, 0.25) is 0 Å². The van der Waals surface area contributed by atoms with E-state index in [-0.39, 0.29) is 0 Å². The molecule has 0 bridgehead atoms. The lowest BCUT2D eigenvalue weighted by Crippen LogP contribution is -2.09. The minimum absolute atomic E-state index is 1.10. The third-order valence-electron chi connectivity index (χ3n) is 12.2. The molecule has 0 heterocycles. The number of hydrogen-bond donors (Lipinski definition) is 0. The van der Waals surface area contributed by atoms with Crippen LogP contribution in [0.4, 0.5) is 17.1 Å². The summed E-state index contributed by atoms with van der Waals surface area (Å²) in [5, 5.41) is 10.2. The topological polar surface area (TPSA) is 3.24 Å². The van der Waals surface area contributed by atoms with E-state index in [4.69, 9.17) is 0 Å². The number of benzene rings is 11. The van der Waals surface area contributed by atoms with Crippen LogP contribution in [0.3, 0.4) is 0 Å². The molecule has 0 aromatic heterocycles. The van der Waals surface area contributed by atoms with Crippen LogP contribution in [0, 0.1) is 0 Å². The monoisotopic (exact) mass is 795 g/mol. The Kier molecular flexibility index (Phi) is 9.41. The molecule has 0 aliphatic heterocycles. The zero-order valence-corrected chi connectivity index (χ0v) is 34.6. The third kappa shape index (κ3) is 6.91. The Hall–Kier alpha value is -7.39. The molecule has 0 radical (unpaired) electrons. The van der Waals surface area contributed by atoms with Crippen molar-refractivity contribution in [3.8, 4) is 44.5 Å². The smallest absolute Gasteiger partial charge is 0.0462 e. The Morgan fingerprint density at radius 2 is 0.656 bits per heavy atom. The molecule has 0 fully saturated rings. The van der Waals surface area contributed by atoms with Crippen molar-refractivity contribution in [3.05, 3.63) is 231 Å². The van der Waals surface area contributed by atoms with Gasteiger partial charge in [-0.2, -0.15) is 0 Å². The van der Waals surface area contributed by atoms with Crippen LogP contribution < -0.4 is 4.90 Å². The van der Waals surface area contributed by atoms with Crippen LogP contribution in [0.25, 0.3) is 87.6 Å². The molecule has 0 unspecified atom stereocenters. The number of fused-ring (bicyclic) bond motifs is 6. The summed E-state index contributed by atoms with van der Waals surface area (Å²) in [6.07, 6.45) is 2.14. The molecule has 0 saturated heterocycles. The third-order valence-corrected chi connectivity index (χ3v) is 12.9. The molecule has 2 heteroatoms. The predicted molar refractivity (Wildman–Crippen MR) is 265 cm³/mol. The van der Waals surface area contributed by atoms with E-state index in [9.17, 15) is 0 Å². The van der Waals surface area contributed by atoms with E-state index in [2.05, 4.69) is 242 Å². The number of nitrogens with zero attached hydrogens (tertiary/aromatic N) is 1. The van der Waals surface area contributed by atoms with Gasteiger partial charge in [-0.3, -0.25) is 0 Å². The first-order valence-electron chi connectivity index (χ1n) is 20.8. The van der Waals surface area contributed by atoms with Crippen molar-refractivity contribution in [1.82, 2.24) is 0 Å². The van der Waals surface area contributed by atoms with Crippen molar-refractivity contribution in [2.45, 2.75) is 4.90 Å². The molecule has 0 aliphatic carbocycles. The molecule has 1 nitrogen and oxygen atoms in total. The highest BCUT2D eigenvalue weighted by atomic mass is 32.2. The van der Waals surface area contributed by atoms with Crippen LogP contribution in [0.1, 0.15) is 0 Å². The molecule has 0 atom stereocenters. The van der Waals surface area contributed by atoms with Gasteiger partial charge in [0.2, 0.25) is 0 Å². The van der Waals surface area contributed by atoms with Crippen LogP contribution in [0.15, 0.2) is 235 Å². The Morgan fingerprint density at radius 1 is 0.279 bits per heavy atom. The Balaban J connectivity index is 0.967. The molecule has 0 spiro atoms. The van der Waals surface area contributed by atoms with E-state index in [1.54, 1.807) is 11.8 Å². The summed E-state index contributed by atoms with van der Waals surface area (Å²) in [7, 11) is 0. The van der Waals surface area contributed by atoms with Gasteiger partial charge in [0.05, 0.1) is 0 Å². The average molecular weight is 796 g/mol. The van der Waals surface area contributed by atoms with Gasteiger partial charge < -0.3 is 4.90 Å². The van der Waals surface area contributed by atoms with E-state index in [1.165, 1.54) is 92.5 Å². The maximum absolute atomic E-state index is 2.37. The van der Waals surface area contributed by atoms with Gasteiger partial charge in [0.1, 0.15) is 0 Å². The first-order valence-corrected chi connectivity index (χ1v) is 22.1. The summed E-state index contributed by atoms with van der Waals surface area (Å²) in [5.41, 5.74) is 13.0. The second-order valence-corrected chi connectivity index (χ2v) is 16.6. The molecule has 11 rings (SSSR count). The second-order valence-electron chi connectivity index (χ2n) is 15.7. The van der Waals surface area contributed by atoms with Crippen LogP contribution in [-0.2, 0) is 0 Å². The summed E-state index contributed by atoms with van der Waals surface area (Å²) < 4.78 is 0. The normalized spacial score (nSPS) is 11.4. The van der Waals surface area contributed by atoms with E-state index in [0.717, 1.165) is 17.1 Å². The molecule has 61 heavy (non-hydrogen) atoms. The molecule has 11 aromatic carbocycles. The van der Waals surface area contributed by atoms with Gasteiger partial charge in [0, 0.05) is 22.0 Å². The number of hydrogen-bond acceptors (Lipinski definition) is 2. The SMILES string of the molecule is CSc1ccccc1-c1cccc(-c2ccc(N(c3ccc(-c4ccc5ccc6ccccc6c5c4)cc3)c3ccc(-c4ccc5ccc6ccccc6c5c4)cc3)cc2)c1. The van der Waals surface area contributed by atoms with Crippen molar-refractivity contribution in [2.24, 2.45) is 0 Å². The summed E-state index contributed by atoms with van der Waals surface area (Å²) >= 11 is 1.79. The quantitative estimate of drug-likeness (QED) is 0.111. The van der Waals surface area contributed by atoms with Crippen LogP contribution >= 0.6 is 11.8 Å². The first kappa shape index (κ1) is 36.7. The predicted octanol–water partition coefficient (Wildman–Crippen LogP) is 17.2. The van der Waals surface area contributed by atoms with Crippen molar-refractivity contribution >= 4 is 71.9 Å². The Labute approximate surface area is 361 Å². The maximum atomic E-state index is 2.37. The summed E-state index contributed by atoms with van der Waals surface area (Å²) in [5.74, 6) is 0. The van der Waals surface area contributed by atoms with E-state index in [1.807, 2.05) is 0 Å².